The third-order valence-electron chi connectivity index (χ3n) is 2.92. The topological polar surface area (TPSA) is 83.9 Å². The quantitative estimate of drug-likeness (QED) is 0.820. The first-order valence-corrected chi connectivity index (χ1v) is 9.51. The van der Waals surface area contributed by atoms with Crippen LogP contribution in [-0.4, -0.2) is 48.1 Å². The highest BCUT2D eigenvalue weighted by Crippen LogP contribution is 2.34. The molecule has 1 atom stereocenters. The van der Waals surface area contributed by atoms with Gasteiger partial charge in [0.1, 0.15) is 16.7 Å². The van der Waals surface area contributed by atoms with Crippen LogP contribution in [0.15, 0.2) is 27.6 Å². The second kappa shape index (κ2) is 6.55. The number of carbonyl (C=O) groups is 1. The molecule has 9 heteroatoms. The van der Waals surface area contributed by atoms with E-state index in [0.717, 1.165) is 4.31 Å². The molecule has 6 nitrogen and oxygen atoms in total. The molecule has 1 fully saturated rings. The van der Waals surface area contributed by atoms with Crippen LogP contribution in [0.4, 0.5) is 0 Å². The van der Waals surface area contributed by atoms with Crippen LogP contribution >= 0.6 is 27.7 Å². The first-order valence-electron chi connectivity index (χ1n) is 6.12. The van der Waals surface area contributed by atoms with Crippen LogP contribution in [0.2, 0.25) is 0 Å². The molecule has 1 aliphatic rings. The highest BCUT2D eigenvalue weighted by atomic mass is 79.9. The first-order chi connectivity index (χ1) is 9.87. The van der Waals surface area contributed by atoms with E-state index >= 15 is 0 Å². The molecule has 1 aromatic carbocycles. The van der Waals surface area contributed by atoms with Crippen molar-refractivity contribution >= 4 is 43.7 Å². The monoisotopic (exact) mass is 395 g/mol. The number of hydrogen-bond acceptors (Lipinski definition) is 5. The number of sulfonamides is 1. The summed E-state index contributed by atoms with van der Waals surface area (Å²) in [6.07, 6.45) is 0. The van der Waals surface area contributed by atoms with E-state index in [9.17, 15) is 13.2 Å². The Hall–Kier alpha value is -0.770. The van der Waals surface area contributed by atoms with Crippen molar-refractivity contribution in [1.29, 1.82) is 0 Å². The normalized spacial score (nSPS) is 19.6. The van der Waals surface area contributed by atoms with Gasteiger partial charge in [0.25, 0.3) is 0 Å². The van der Waals surface area contributed by atoms with Gasteiger partial charge in [-0.25, -0.2) is 8.42 Å². The van der Waals surface area contributed by atoms with Crippen molar-refractivity contribution in [2.45, 2.75) is 17.9 Å². The molecule has 0 aliphatic carbocycles. The third kappa shape index (κ3) is 3.36. The Labute approximate surface area is 135 Å². The molecule has 0 saturated carbocycles. The van der Waals surface area contributed by atoms with Crippen molar-refractivity contribution in [3.05, 3.63) is 22.7 Å². The zero-order valence-corrected chi connectivity index (χ0v) is 14.4. The van der Waals surface area contributed by atoms with E-state index in [1.807, 2.05) is 0 Å². The number of carboxylic acid groups (broad SMARTS) is 1. The Morgan fingerprint density at radius 3 is 2.90 bits per heavy atom. The van der Waals surface area contributed by atoms with Crippen LogP contribution in [0, 0.1) is 0 Å². The largest absolute Gasteiger partial charge is 0.492 e. The number of rotatable bonds is 5. The summed E-state index contributed by atoms with van der Waals surface area (Å²) in [6, 6.07) is 3.62. The highest BCUT2D eigenvalue weighted by Gasteiger charge is 2.41. The molecular weight excluding hydrogens is 382 g/mol. The smallest absolute Gasteiger partial charge is 0.322 e. The molecule has 0 radical (unpaired) electrons. The van der Waals surface area contributed by atoms with Gasteiger partial charge in [-0.2, -0.15) is 4.31 Å². The molecule has 0 unspecified atom stereocenters. The Morgan fingerprint density at radius 2 is 2.29 bits per heavy atom. The summed E-state index contributed by atoms with van der Waals surface area (Å²) in [5.41, 5.74) is 0. The molecule has 1 N–H and O–H groups in total. The second-order valence-corrected chi connectivity index (χ2v) is 8.04. The summed E-state index contributed by atoms with van der Waals surface area (Å²) in [7, 11) is -3.93. The Kier molecular flexibility index (Phi) is 5.18. The number of nitrogens with zero attached hydrogens (tertiary/aromatic N) is 1. The number of hydrogen-bond donors (Lipinski definition) is 1. The molecular formula is C12H14BrNO5S2. The molecule has 2 rings (SSSR count). The second-order valence-electron chi connectivity index (χ2n) is 4.27. The van der Waals surface area contributed by atoms with E-state index in [-0.39, 0.29) is 22.3 Å². The Bertz CT molecular complexity index is 649. The van der Waals surface area contributed by atoms with Crippen molar-refractivity contribution in [1.82, 2.24) is 4.31 Å². The van der Waals surface area contributed by atoms with Crippen molar-refractivity contribution in [2.75, 3.05) is 18.2 Å². The number of carboxylic acids is 1. The fraction of sp³-hybridized carbons (Fsp3) is 0.417. The maximum Gasteiger partial charge on any atom is 0.322 e. The molecule has 0 bridgehead atoms. The summed E-state index contributed by atoms with van der Waals surface area (Å²) in [5.74, 6) is -0.553. The van der Waals surface area contributed by atoms with Crippen molar-refractivity contribution in [3.8, 4) is 5.75 Å². The lowest BCUT2D eigenvalue weighted by molar-refractivity contribution is -0.140. The summed E-state index contributed by atoms with van der Waals surface area (Å²) in [4.78, 5) is 11.2. The summed E-state index contributed by atoms with van der Waals surface area (Å²) >= 11 is 4.51. The molecule has 1 aliphatic heterocycles. The Balaban J connectivity index is 2.48. The molecule has 0 aromatic heterocycles. The van der Waals surface area contributed by atoms with Gasteiger partial charge in [0.2, 0.25) is 10.0 Å². The fourth-order valence-corrected chi connectivity index (χ4v) is 5.75. The van der Waals surface area contributed by atoms with Gasteiger partial charge in [0, 0.05) is 10.2 Å². The van der Waals surface area contributed by atoms with E-state index in [4.69, 9.17) is 9.84 Å². The predicted molar refractivity (Wildman–Crippen MR) is 83.1 cm³/mol. The van der Waals surface area contributed by atoms with Crippen LogP contribution in [0.1, 0.15) is 6.92 Å². The molecule has 1 heterocycles. The van der Waals surface area contributed by atoms with E-state index < -0.39 is 22.0 Å². The zero-order chi connectivity index (χ0) is 15.6. The van der Waals surface area contributed by atoms with Gasteiger partial charge >= 0.3 is 5.97 Å². The molecule has 1 aromatic rings. The van der Waals surface area contributed by atoms with E-state index in [1.54, 1.807) is 19.1 Å². The summed E-state index contributed by atoms with van der Waals surface area (Å²) in [6.45, 7) is 2.07. The lowest BCUT2D eigenvalue weighted by Gasteiger charge is -2.21. The van der Waals surface area contributed by atoms with Crippen molar-refractivity contribution in [3.63, 3.8) is 0 Å². The molecule has 0 amide bonds. The lowest BCUT2D eigenvalue weighted by Crippen LogP contribution is -2.41. The molecule has 21 heavy (non-hydrogen) atoms. The van der Waals surface area contributed by atoms with Crippen LogP contribution in [0.5, 0.6) is 5.75 Å². The minimum absolute atomic E-state index is 0.0209. The van der Waals surface area contributed by atoms with Crippen molar-refractivity contribution in [2.24, 2.45) is 0 Å². The lowest BCUT2D eigenvalue weighted by atomic mass is 10.3. The maximum absolute atomic E-state index is 12.7. The van der Waals surface area contributed by atoms with E-state index in [0.29, 0.717) is 11.1 Å². The van der Waals surface area contributed by atoms with Gasteiger partial charge in [0.15, 0.2) is 0 Å². The maximum atomic E-state index is 12.7. The minimum Gasteiger partial charge on any atom is -0.492 e. The Morgan fingerprint density at radius 1 is 1.57 bits per heavy atom. The van der Waals surface area contributed by atoms with Gasteiger partial charge in [-0.3, -0.25) is 4.79 Å². The number of aliphatic carboxylic acids is 1. The average Bonchev–Trinajstić information content (AvgIpc) is 2.91. The van der Waals surface area contributed by atoms with E-state index in [2.05, 4.69) is 15.9 Å². The predicted octanol–water partition coefficient (Wildman–Crippen LogP) is 2.00. The van der Waals surface area contributed by atoms with Gasteiger partial charge in [-0.15, -0.1) is 11.8 Å². The fourth-order valence-electron chi connectivity index (χ4n) is 1.94. The SMILES string of the molecule is CCOc1ccc(Br)cc1S(=O)(=O)N1CSC[C@H]1C(=O)O. The molecule has 0 spiro atoms. The van der Waals surface area contributed by atoms with Crippen LogP contribution in [0.25, 0.3) is 0 Å². The highest BCUT2D eigenvalue weighted by molar-refractivity contribution is 9.10. The standard InChI is InChI=1S/C12H14BrNO5S2/c1-2-19-10-4-3-8(13)5-11(10)21(17,18)14-7-20-6-9(14)12(15)16/h3-5,9H,2,6-7H2,1H3,(H,15,16)/t9-/m0/s1. The van der Waals surface area contributed by atoms with Crippen molar-refractivity contribution < 1.29 is 23.1 Å². The van der Waals surface area contributed by atoms with E-state index in [1.165, 1.54) is 17.8 Å². The van der Waals surface area contributed by atoms with Crippen LogP contribution in [-0.2, 0) is 14.8 Å². The van der Waals surface area contributed by atoms with Crippen LogP contribution in [0.3, 0.4) is 0 Å². The number of halogens is 1. The average molecular weight is 396 g/mol. The third-order valence-corrected chi connectivity index (χ3v) is 6.46. The molecule has 1 saturated heterocycles. The summed E-state index contributed by atoms with van der Waals surface area (Å²) < 4.78 is 32.4. The minimum atomic E-state index is -3.93. The van der Waals surface area contributed by atoms with Gasteiger partial charge < -0.3 is 9.84 Å². The van der Waals surface area contributed by atoms with Crippen LogP contribution < -0.4 is 4.74 Å². The number of benzene rings is 1. The van der Waals surface area contributed by atoms with Gasteiger partial charge in [0.05, 0.1) is 12.5 Å². The zero-order valence-electron chi connectivity index (χ0n) is 11.2. The summed E-state index contributed by atoms with van der Waals surface area (Å²) in [5, 5.41) is 9.16. The van der Waals surface area contributed by atoms with Gasteiger partial charge in [-0.1, -0.05) is 15.9 Å². The van der Waals surface area contributed by atoms with Gasteiger partial charge in [-0.05, 0) is 25.1 Å². The number of ether oxygens (including phenoxy) is 1. The first kappa shape index (κ1) is 16.6. The number of thioether (sulfide) groups is 1. The molecule has 116 valence electrons.